The molecule has 1 unspecified atom stereocenters. The summed E-state index contributed by atoms with van der Waals surface area (Å²) in [4.78, 5) is 4.13. The van der Waals surface area contributed by atoms with Crippen molar-refractivity contribution < 1.29 is 0 Å². The fourth-order valence-electron chi connectivity index (χ4n) is 2.77. The number of nitrogens with one attached hydrogen (secondary N) is 1. The molecular weight excluding hydrogens is 220 g/mol. The zero-order valence-electron chi connectivity index (χ0n) is 10.5. The molecule has 1 aromatic carbocycles. The molecule has 1 aliphatic carbocycles. The third-order valence-corrected chi connectivity index (χ3v) is 3.71. The van der Waals surface area contributed by atoms with E-state index >= 15 is 0 Å². The molecule has 3 rings (SSSR count). The van der Waals surface area contributed by atoms with Crippen LogP contribution in [0.3, 0.4) is 0 Å². The van der Waals surface area contributed by atoms with Crippen molar-refractivity contribution in [1.82, 2.24) is 4.98 Å². The summed E-state index contributed by atoms with van der Waals surface area (Å²) in [6.07, 6.45) is 7.51. The lowest BCUT2D eigenvalue weighted by Gasteiger charge is -2.26. The first-order valence-electron chi connectivity index (χ1n) is 6.65. The number of pyridine rings is 1. The van der Waals surface area contributed by atoms with Gasteiger partial charge < -0.3 is 5.32 Å². The number of hydrogen-bond acceptors (Lipinski definition) is 2. The molecule has 1 heterocycles. The van der Waals surface area contributed by atoms with Crippen molar-refractivity contribution >= 4 is 5.69 Å². The van der Waals surface area contributed by atoms with Crippen LogP contribution >= 0.6 is 0 Å². The number of benzene rings is 1. The smallest absolute Gasteiger partial charge is 0.0526 e. The summed E-state index contributed by atoms with van der Waals surface area (Å²) < 4.78 is 0. The lowest BCUT2D eigenvalue weighted by atomic mass is 9.83. The number of anilines is 1. The van der Waals surface area contributed by atoms with Crippen LogP contribution in [0.5, 0.6) is 0 Å². The van der Waals surface area contributed by atoms with E-state index < -0.39 is 0 Å². The zero-order valence-corrected chi connectivity index (χ0v) is 10.5. The van der Waals surface area contributed by atoms with Crippen LogP contribution in [0, 0.1) is 0 Å². The summed E-state index contributed by atoms with van der Waals surface area (Å²) in [5, 5.41) is 3.49. The molecule has 18 heavy (non-hydrogen) atoms. The van der Waals surface area contributed by atoms with E-state index in [9.17, 15) is 0 Å². The lowest BCUT2D eigenvalue weighted by Crippen LogP contribution is -2.18. The van der Waals surface area contributed by atoms with Gasteiger partial charge >= 0.3 is 0 Å². The highest BCUT2D eigenvalue weighted by atomic mass is 14.9. The number of rotatable bonds is 3. The van der Waals surface area contributed by atoms with Crippen LogP contribution in [0.25, 0.3) is 0 Å². The third-order valence-electron chi connectivity index (χ3n) is 3.71. The predicted molar refractivity (Wildman–Crippen MR) is 74.8 cm³/mol. The standard InChI is InChI=1S/C16H18N2/c1-2-9-16-13(5-1)6-3-7-14(16)11-18-15-8-4-10-17-12-15/h1-2,4-5,8-10,12,14,18H,3,6-7,11H2. The molecule has 0 saturated heterocycles. The number of fused-ring (bicyclic) bond motifs is 1. The van der Waals surface area contributed by atoms with Gasteiger partial charge in [-0.1, -0.05) is 24.3 Å². The SMILES string of the molecule is c1cncc(NCC2CCCc3ccccc32)c1. The van der Waals surface area contributed by atoms with Crippen molar-refractivity contribution in [2.24, 2.45) is 0 Å². The highest BCUT2D eigenvalue weighted by Crippen LogP contribution is 2.31. The Labute approximate surface area is 108 Å². The van der Waals surface area contributed by atoms with Gasteiger partial charge in [0.15, 0.2) is 0 Å². The van der Waals surface area contributed by atoms with Crippen LogP contribution < -0.4 is 5.32 Å². The molecule has 0 aliphatic heterocycles. The second-order valence-corrected chi connectivity index (χ2v) is 4.91. The Kier molecular flexibility index (Phi) is 3.26. The monoisotopic (exact) mass is 238 g/mol. The van der Waals surface area contributed by atoms with Gasteiger partial charge in [-0.2, -0.15) is 0 Å². The number of aromatic nitrogens is 1. The van der Waals surface area contributed by atoms with Gasteiger partial charge in [0.05, 0.1) is 5.69 Å². The van der Waals surface area contributed by atoms with Crippen LogP contribution in [0.1, 0.15) is 29.9 Å². The topological polar surface area (TPSA) is 24.9 Å². The first kappa shape index (κ1) is 11.3. The van der Waals surface area contributed by atoms with Crippen molar-refractivity contribution in [1.29, 1.82) is 0 Å². The molecule has 92 valence electrons. The summed E-state index contributed by atoms with van der Waals surface area (Å²) in [7, 11) is 0. The van der Waals surface area contributed by atoms with Crippen LogP contribution in [0.15, 0.2) is 48.8 Å². The molecule has 0 fully saturated rings. The third kappa shape index (κ3) is 2.37. The Balaban J connectivity index is 1.71. The molecule has 1 N–H and O–H groups in total. The van der Waals surface area contributed by atoms with E-state index in [1.807, 2.05) is 12.3 Å². The highest BCUT2D eigenvalue weighted by Gasteiger charge is 2.19. The molecule has 1 aromatic heterocycles. The van der Waals surface area contributed by atoms with Gasteiger partial charge in [-0.3, -0.25) is 4.98 Å². The number of nitrogens with zero attached hydrogens (tertiary/aromatic N) is 1. The Bertz CT molecular complexity index is 508. The van der Waals surface area contributed by atoms with Crippen molar-refractivity contribution in [2.45, 2.75) is 25.2 Å². The number of hydrogen-bond donors (Lipinski definition) is 1. The minimum Gasteiger partial charge on any atom is -0.383 e. The average Bonchev–Trinajstić information content (AvgIpc) is 2.46. The molecule has 0 bridgehead atoms. The summed E-state index contributed by atoms with van der Waals surface area (Å²) >= 11 is 0. The van der Waals surface area contributed by atoms with Crippen LogP contribution in [-0.4, -0.2) is 11.5 Å². The van der Waals surface area contributed by atoms with E-state index in [0.29, 0.717) is 5.92 Å². The molecule has 0 saturated carbocycles. The van der Waals surface area contributed by atoms with E-state index in [1.54, 1.807) is 6.20 Å². The second kappa shape index (κ2) is 5.21. The average molecular weight is 238 g/mol. The summed E-state index contributed by atoms with van der Waals surface area (Å²) in [5.74, 6) is 0.634. The summed E-state index contributed by atoms with van der Waals surface area (Å²) in [6.45, 7) is 1.00. The maximum atomic E-state index is 4.13. The Hall–Kier alpha value is -1.83. The minimum atomic E-state index is 0.634. The van der Waals surface area contributed by atoms with E-state index in [-0.39, 0.29) is 0 Å². The van der Waals surface area contributed by atoms with E-state index in [0.717, 1.165) is 12.2 Å². The van der Waals surface area contributed by atoms with Gasteiger partial charge in [0, 0.05) is 24.9 Å². The Morgan fingerprint density at radius 3 is 3.00 bits per heavy atom. The maximum Gasteiger partial charge on any atom is 0.0526 e. The quantitative estimate of drug-likeness (QED) is 0.883. The van der Waals surface area contributed by atoms with Crippen molar-refractivity contribution in [3.63, 3.8) is 0 Å². The van der Waals surface area contributed by atoms with E-state index in [4.69, 9.17) is 0 Å². The molecule has 0 amide bonds. The molecule has 0 radical (unpaired) electrons. The maximum absolute atomic E-state index is 4.13. The van der Waals surface area contributed by atoms with Crippen LogP contribution in [0.4, 0.5) is 5.69 Å². The van der Waals surface area contributed by atoms with Crippen molar-refractivity contribution in [3.8, 4) is 0 Å². The minimum absolute atomic E-state index is 0.634. The first-order chi connectivity index (χ1) is 8.93. The number of aryl methyl sites for hydroxylation is 1. The summed E-state index contributed by atoms with van der Waals surface area (Å²) in [5.41, 5.74) is 4.17. The van der Waals surface area contributed by atoms with Gasteiger partial charge in [-0.25, -0.2) is 0 Å². The largest absolute Gasteiger partial charge is 0.383 e. The molecule has 2 nitrogen and oxygen atoms in total. The second-order valence-electron chi connectivity index (χ2n) is 4.91. The molecule has 0 spiro atoms. The molecular formula is C16H18N2. The van der Waals surface area contributed by atoms with E-state index in [1.165, 1.54) is 30.4 Å². The zero-order chi connectivity index (χ0) is 12.2. The van der Waals surface area contributed by atoms with Gasteiger partial charge in [-0.05, 0) is 42.5 Å². The van der Waals surface area contributed by atoms with Crippen molar-refractivity contribution in [2.75, 3.05) is 11.9 Å². The normalized spacial score (nSPS) is 18.1. The molecule has 2 aromatic rings. The summed E-state index contributed by atoms with van der Waals surface area (Å²) in [6, 6.07) is 12.9. The molecule has 1 aliphatic rings. The van der Waals surface area contributed by atoms with E-state index in [2.05, 4.69) is 40.6 Å². The van der Waals surface area contributed by atoms with Crippen LogP contribution in [0.2, 0.25) is 0 Å². The fraction of sp³-hybridized carbons (Fsp3) is 0.312. The van der Waals surface area contributed by atoms with Gasteiger partial charge in [0.25, 0.3) is 0 Å². The van der Waals surface area contributed by atoms with Crippen LogP contribution in [-0.2, 0) is 6.42 Å². The van der Waals surface area contributed by atoms with Gasteiger partial charge in [0.2, 0.25) is 0 Å². The Morgan fingerprint density at radius 2 is 2.11 bits per heavy atom. The predicted octanol–water partition coefficient (Wildman–Crippen LogP) is 3.61. The van der Waals surface area contributed by atoms with Crippen molar-refractivity contribution in [3.05, 3.63) is 59.9 Å². The fourth-order valence-corrected chi connectivity index (χ4v) is 2.77. The van der Waals surface area contributed by atoms with Gasteiger partial charge in [-0.15, -0.1) is 0 Å². The highest BCUT2D eigenvalue weighted by molar-refractivity contribution is 5.41. The first-order valence-corrected chi connectivity index (χ1v) is 6.65. The van der Waals surface area contributed by atoms with Gasteiger partial charge in [0.1, 0.15) is 0 Å². The lowest BCUT2D eigenvalue weighted by molar-refractivity contribution is 0.571. The molecule has 1 atom stereocenters. The molecule has 2 heteroatoms. The Morgan fingerprint density at radius 1 is 1.17 bits per heavy atom.